The fraction of sp³-hybridized carbons (Fsp3) is 0.375. The molecule has 0 radical (unpaired) electrons. The molecule has 29 heavy (non-hydrogen) atoms. The Morgan fingerprint density at radius 1 is 1.07 bits per heavy atom. The van der Waals surface area contributed by atoms with Gasteiger partial charge in [0.1, 0.15) is 0 Å². The van der Waals surface area contributed by atoms with Crippen molar-refractivity contribution < 1.29 is 4.79 Å². The number of rotatable bonds is 6. The number of carbonyl (C=O) groups excluding carboxylic acids is 1. The van der Waals surface area contributed by atoms with Gasteiger partial charge < -0.3 is 20.9 Å². The van der Waals surface area contributed by atoms with Crippen molar-refractivity contribution in [2.24, 2.45) is 0 Å². The summed E-state index contributed by atoms with van der Waals surface area (Å²) in [7, 11) is 0. The Kier molecular flexibility index (Phi) is 5.86. The van der Waals surface area contributed by atoms with E-state index in [2.05, 4.69) is 46.0 Å². The molecule has 5 nitrogen and oxygen atoms in total. The third kappa shape index (κ3) is 4.46. The van der Waals surface area contributed by atoms with Crippen molar-refractivity contribution in [1.29, 1.82) is 0 Å². The van der Waals surface area contributed by atoms with Crippen LogP contribution in [0.1, 0.15) is 36.0 Å². The van der Waals surface area contributed by atoms with E-state index in [4.69, 9.17) is 0 Å². The van der Waals surface area contributed by atoms with Crippen LogP contribution >= 0.6 is 0 Å². The Morgan fingerprint density at radius 2 is 1.90 bits per heavy atom. The second-order valence-electron chi connectivity index (χ2n) is 8.01. The third-order valence-corrected chi connectivity index (χ3v) is 5.84. The maximum Gasteiger partial charge on any atom is 0.257 e. The fourth-order valence-corrected chi connectivity index (χ4v) is 4.21. The number of amides is 1. The number of nitrogens with one attached hydrogen (secondary N) is 3. The highest BCUT2D eigenvalue weighted by atomic mass is 16.2. The second kappa shape index (κ2) is 8.70. The van der Waals surface area contributed by atoms with E-state index in [1.54, 1.807) is 0 Å². The van der Waals surface area contributed by atoms with Gasteiger partial charge >= 0.3 is 0 Å². The van der Waals surface area contributed by atoms with Crippen molar-refractivity contribution in [2.75, 3.05) is 42.1 Å². The smallest absolute Gasteiger partial charge is 0.257 e. The average molecular weight is 391 g/mol. The van der Waals surface area contributed by atoms with Gasteiger partial charge in [0.2, 0.25) is 0 Å². The number of anilines is 3. The van der Waals surface area contributed by atoms with Crippen molar-refractivity contribution in [3.63, 3.8) is 0 Å². The zero-order valence-electron chi connectivity index (χ0n) is 17.3. The summed E-state index contributed by atoms with van der Waals surface area (Å²) in [5.41, 5.74) is 6.98. The molecule has 2 heterocycles. The number of hydrogen-bond acceptors (Lipinski definition) is 4. The van der Waals surface area contributed by atoms with E-state index in [1.807, 2.05) is 31.3 Å². The number of carbonyl (C=O) groups is 1. The van der Waals surface area contributed by atoms with Crippen LogP contribution in [0.25, 0.3) is 5.57 Å². The van der Waals surface area contributed by atoms with Gasteiger partial charge in [-0.2, -0.15) is 0 Å². The van der Waals surface area contributed by atoms with Crippen molar-refractivity contribution in [3.8, 4) is 0 Å². The van der Waals surface area contributed by atoms with Crippen LogP contribution in [0, 0.1) is 13.8 Å². The summed E-state index contributed by atoms with van der Waals surface area (Å²) in [6.07, 6.45) is 5.85. The van der Waals surface area contributed by atoms with Crippen LogP contribution in [-0.2, 0) is 4.79 Å². The lowest BCUT2D eigenvalue weighted by molar-refractivity contribution is -0.110. The van der Waals surface area contributed by atoms with E-state index in [9.17, 15) is 4.79 Å². The lowest BCUT2D eigenvalue weighted by atomic mass is 10.0. The van der Waals surface area contributed by atoms with Gasteiger partial charge in [-0.05, 0) is 75.2 Å². The van der Waals surface area contributed by atoms with E-state index in [0.29, 0.717) is 5.57 Å². The minimum absolute atomic E-state index is 0.0606. The fourth-order valence-electron chi connectivity index (χ4n) is 4.21. The summed E-state index contributed by atoms with van der Waals surface area (Å²) < 4.78 is 0. The van der Waals surface area contributed by atoms with Gasteiger partial charge in [-0.15, -0.1) is 0 Å². The molecule has 0 aromatic heterocycles. The highest BCUT2D eigenvalue weighted by molar-refractivity contribution is 6.32. The number of piperidine rings is 1. The van der Waals surface area contributed by atoms with Crippen LogP contribution in [0.4, 0.5) is 17.1 Å². The Labute approximate surface area is 173 Å². The highest BCUT2D eigenvalue weighted by Gasteiger charge is 2.25. The Bertz CT molecular complexity index is 928. The first-order chi connectivity index (χ1) is 14.1. The predicted octanol–water partition coefficient (Wildman–Crippen LogP) is 4.61. The maximum atomic E-state index is 12.3. The molecule has 2 aliphatic rings. The number of fused-ring (bicyclic) bond motifs is 1. The average Bonchev–Trinajstić information content (AvgIpc) is 3.05. The van der Waals surface area contributed by atoms with Gasteiger partial charge in [0.25, 0.3) is 5.91 Å². The molecule has 4 rings (SSSR count). The van der Waals surface area contributed by atoms with Crippen molar-refractivity contribution in [3.05, 3.63) is 59.3 Å². The molecule has 1 fully saturated rings. The molecule has 0 unspecified atom stereocenters. The van der Waals surface area contributed by atoms with Crippen molar-refractivity contribution in [1.82, 2.24) is 4.90 Å². The van der Waals surface area contributed by atoms with Crippen LogP contribution in [0.5, 0.6) is 0 Å². The summed E-state index contributed by atoms with van der Waals surface area (Å²) in [6, 6.07) is 12.2. The largest absolute Gasteiger partial charge is 0.384 e. The molecule has 2 aromatic carbocycles. The van der Waals surface area contributed by atoms with Crippen LogP contribution in [0.3, 0.4) is 0 Å². The molecule has 0 bridgehead atoms. The van der Waals surface area contributed by atoms with Crippen molar-refractivity contribution >= 4 is 28.5 Å². The van der Waals surface area contributed by atoms with E-state index < -0.39 is 0 Å². The number of nitrogens with zero attached hydrogens (tertiary/aromatic N) is 1. The second-order valence-corrected chi connectivity index (χ2v) is 8.01. The van der Waals surface area contributed by atoms with Crippen LogP contribution in [-0.4, -0.2) is 37.0 Å². The number of likely N-dealkylation sites (tertiary alicyclic amines) is 1. The van der Waals surface area contributed by atoms with E-state index in [-0.39, 0.29) is 5.91 Å². The first-order valence-electron chi connectivity index (χ1n) is 10.6. The lowest BCUT2D eigenvalue weighted by Gasteiger charge is -2.26. The van der Waals surface area contributed by atoms with Crippen LogP contribution < -0.4 is 16.0 Å². The summed E-state index contributed by atoms with van der Waals surface area (Å²) >= 11 is 0. The molecule has 1 saturated heterocycles. The number of aryl methyl sites for hydroxylation is 2. The molecular formula is C24H30N4O. The lowest BCUT2D eigenvalue weighted by Crippen LogP contribution is -2.33. The highest BCUT2D eigenvalue weighted by Crippen LogP contribution is 2.34. The van der Waals surface area contributed by atoms with Crippen molar-refractivity contribution in [2.45, 2.75) is 33.1 Å². The normalized spacial score (nSPS) is 17.9. The summed E-state index contributed by atoms with van der Waals surface area (Å²) in [5, 5.41) is 9.80. The van der Waals surface area contributed by atoms with Gasteiger partial charge in [-0.1, -0.05) is 18.6 Å². The minimum Gasteiger partial charge on any atom is -0.384 e. The molecule has 2 aliphatic heterocycles. The molecule has 5 heteroatoms. The molecule has 0 saturated carbocycles. The molecular weight excluding hydrogens is 360 g/mol. The van der Waals surface area contributed by atoms with Crippen LogP contribution in [0.15, 0.2) is 42.6 Å². The van der Waals surface area contributed by atoms with Crippen LogP contribution in [0.2, 0.25) is 0 Å². The predicted molar refractivity (Wildman–Crippen MR) is 121 cm³/mol. The molecule has 1 amide bonds. The molecule has 152 valence electrons. The van der Waals surface area contributed by atoms with E-state index in [1.165, 1.54) is 43.6 Å². The molecule has 0 atom stereocenters. The molecule has 0 spiro atoms. The molecule has 0 aliphatic carbocycles. The maximum absolute atomic E-state index is 12.3. The number of benzene rings is 2. The van der Waals surface area contributed by atoms with Gasteiger partial charge in [0.15, 0.2) is 0 Å². The molecule has 3 N–H and O–H groups in total. The monoisotopic (exact) mass is 390 g/mol. The SMILES string of the molecule is Cc1cc(NC=C2C(=O)Nc3cccc(C)c32)ccc1NCCN1CCCCC1. The summed E-state index contributed by atoms with van der Waals surface area (Å²) in [4.78, 5) is 14.9. The van der Waals surface area contributed by atoms with Gasteiger partial charge in [0.05, 0.1) is 5.57 Å². The third-order valence-electron chi connectivity index (χ3n) is 5.84. The van der Waals surface area contributed by atoms with Gasteiger partial charge in [0, 0.05) is 41.9 Å². The summed E-state index contributed by atoms with van der Waals surface area (Å²) in [6.45, 7) is 8.67. The van der Waals surface area contributed by atoms with Gasteiger partial charge in [-0.25, -0.2) is 0 Å². The van der Waals surface area contributed by atoms with Gasteiger partial charge in [-0.3, -0.25) is 4.79 Å². The quantitative estimate of drug-likeness (QED) is 0.631. The van der Waals surface area contributed by atoms with E-state index in [0.717, 1.165) is 35.6 Å². The number of hydrogen-bond donors (Lipinski definition) is 3. The summed E-state index contributed by atoms with van der Waals surface area (Å²) in [5.74, 6) is -0.0606. The topological polar surface area (TPSA) is 56.4 Å². The zero-order chi connectivity index (χ0) is 20.2. The Morgan fingerprint density at radius 3 is 2.69 bits per heavy atom. The Hall–Kier alpha value is -2.79. The first kappa shape index (κ1) is 19.5. The zero-order valence-corrected chi connectivity index (χ0v) is 17.3. The Balaban J connectivity index is 1.39. The minimum atomic E-state index is -0.0606. The van der Waals surface area contributed by atoms with E-state index >= 15 is 0 Å². The molecule has 2 aromatic rings. The standard InChI is InChI=1S/C24H30N4O/c1-17-7-6-8-22-23(17)20(24(29)27-22)16-26-19-9-10-21(18(2)15-19)25-11-14-28-12-4-3-5-13-28/h6-10,15-16,25-26H,3-5,11-14H2,1-2H3,(H,27,29). The first-order valence-corrected chi connectivity index (χ1v) is 10.6.